The first kappa shape index (κ1) is 16.0. The molecule has 6 nitrogen and oxygen atoms in total. The van der Waals surface area contributed by atoms with Crippen LogP contribution in [-0.4, -0.2) is 28.1 Å². The molecule has 0 fully saturated rings. The van der Waals surface area contributed by atoms with Gasteiger partial charge in [0.1, 0.15) is 0 Å². The number of amides is 2. The summed E-state index contributed by atoms with van der Waals surface area (Å²) in [6.07, 6.45) is 3.16. The minimum atomic E-state index is -0.288. The van der Waals surface area contributed by atoms with Crippen molar-refractivity contribution in [2.75, 3.05) is 11.9 Å². The number of anilines is 1. The molecule has 0 spiro atoms. The quantitative estimate of drug-likeness (QED) is 0.889. The van der Waals surface area contributed by atoms with Crippen LogP contribution < -0.4 is 10.6 Å². The Morgan fingerprint density at radius 2 is 2.05 bits per heavy atom. The molecule has 0 saturated carbocycles. The summed E-state index contributed by atoms with van der Waals surface area (Å²) in [5, 5.41) is 9.79. The highest BCUT2D eigenvalue weighted by Gasteiger charge is 2.13. The predicted molar refractivity (Wildman–Crippen MR) is 85.3 cm³/mol. The van der Waals surface area contributed by atoms with Crippen LogP contribution in [0.5, 0.6) is 0 Å². The first-order valence-corrected chi connectivity index (χ1v) is 7.34. The number of hydrogen-bond acceptors (Lipinski definition) is 3. The second kappa shape index (κ2) is 7.09. The van der Waals surface area contributed by atoms with Crippen molar-refractivity contribution in [2.45, 2.75) is 20.4 Å². The van der Waals surface area contributed by atoms with Crippen molar-refractivity contribution >= 4 is 29.1 Å². The molecule has 1 aromatic carbocycles. The van der Waals surface area contributed by atoms with Crippen LogP contribution in [0.4, 0.5) is 5.69 Å². The lowest BCUT2D eigenvalue weighted by Gasteiger charge is -2.08. The van der Waals surface area contributed by atoms with Crippen LogP contribution in [0.15, 0.2) is 30.6 Å². The van der Waals surface area contributed by atoms with Gasteiger partial charge in [-0.25, -0.2) is 0 Å². The van der Waals surface area contributed by atoms with E-state index in [1.54, 1.807) is 29.1 Å². The zero-order chi connectivity index (χ0) is 16.1. The number of rotatable bonds is 5. The maximum atomic E-state index is 12.1. The Kier molecular flexibility index (Phi) is 5.16. The fourth-order valence-electron chi connectivity index (χ4n) is 1.89. The van der Waals surface area contributed by atoms with Crippen molar-refractivity contribution in [3.63, 3.8) is 0 Å². The molecule has 0 radical (unpaired) electrons. The van der Waals surface area contributed by atoms with Gasteiger partial charge < -0.3 is 10.6 Å². The van der Waals surface area contributed by atoms with Crippen molar-refractivity contribution in [3.05, 3.63) is 46.7 Å². The number of carbonyl (C=O) groups excluding carboxylic acids is 2. The molecule has 22 heavy (non-hydrogen) atoms. The van der Waals surface area contributed by atoms with E-state index in [0.29, 0.717) is 34.9 Å². The topological polar surface area (TPSA) is 76.0 Å². The Balaban J connectivity index is 2.17. The standard InChI is InChI=1S/C15H17ClN4O2/c1-3-17-15(22)12-7-11(5-6-13(12)16)19-14(21)10-8-18-20(4-2)9-10/h5-9H,3-4H2,1-2H3,(H,17,22)(H,19,21). The van der Waals surface area contributed by atoms with E-state index in [2.05, 4.69) is 15.7 Å². The number of hydrogen-bond donors (Lipinski definition) is 2. The van der Waals surface area contributed by atoms with E-state index in [1.807, 2.05) is 13.8 Å². The van der Waals surface area contributed by atoms with Crippen LogP contribution in [0.1, 0.15) is 34.6 Å². The summed E-state index contributed by atoms with van der Waals surface area (Å²) in [6, 6.07) is 4.78. The molecule has 0 bridgehead atoms. The van der Waals surface area contributed by atoms with E-state index < -0.39 is 0 Å². The molecular formula is C15H17ClN4O2. The molecule has 2 amide bonds. The van der Waals surface area contributed by atoms with Gasteiger partial charge in [-0.2, -0.15) is 5.10 Å². The van der Waals surface area contributed by atoms with Gasteiger partial charge in [0.15, 0.2) is 0 Å². The van der Waals surface area contributed by atoms with E-state index in [4.69, 9.17) is 11.6 Å². The third-order valence-corrected chi connectivity index (χ3v) is 3.36. The van der Waals surface area contributed by atoms with Crippen molar-refractivity contribution in [2.24, 2.45) is 0 Å². The van der Waals surface area contributed by atoms with Crippen molar-refractivity contribution in [3.8, 4) is 0 Å². The largest absolute Gasteiger partial charge is 0.352 e. The minimum absolute atomic E-state index is 0.276. The zero-order valence-corrected chi connectivity index (χ0v) is 13.1. The highest BCUT2D eigenvalue weighted by Crippen LogP contribution is 2.21. The van der Waals surface area contributed by atoms with E-state index in [1.165, 1.54) is 6.20 Å². The number of benzene rings is 1. The van der Waals surface area contributed by atoms with Gasteiger partial charge in [0.2, 0.25) is 0 Å². The van der Waals surface area contributed by atoms with Crippen molar-refractivity contribution in [1.82, 2.24) is 15.1 Å². The monoisotopic (exact) mass is 320 g/mol. The summed E-state index contributed by atoms with van der Waals surface area (Å²) in [5.74, 6) is -0.564. The Bertz CT molecular complexity index is 697. The van der Waals surface area contributed by atoms with Gasteiger partial charge in [0, 0.05) is 25.0 Å². The number of nitrogens with zero attached hydrogens (tertiary/aromatic N) is 2. The molecule has 0 saturated heterocycles. The number of halogens is 1. The maximum absolute atomic E-state index is 12.1. The number of nitrogens with one attached hydrogen (secondary N) is 2. The molecule has 0 aliphatic rings. The average Bonchev–Trinajstić information content (AvgIpc) is 2.98. The van der Waals surface area contributed by atoms with Gasteiger partial charge in [-0.05, 0) is 32.0 Å². The SMILES string of the molecule is CCNC(=O)c1cc(NC(=O)c2cnn(CC)c2)ccc1Cl. The summed E-state index contributed by atoms with van der Waals surface area (Å²) < 4.78 is 1.66. The van der Waals surface area contributed by atoms with Crippen LogP contribution in [0.25, 0.3) is 0 Å². The van der Waals surface area contributed by atoms with Gasteiger partial charge in [0.05, 0.1) is 22.3 Å². The molecule has 0 atom stereocenters. The normalized spacial score (nSPS) is 10.3. The van der Waals surface area contributed by atoms with Gasteiger partial charge in [-0.1, -0.05) is 11.6 Å². The van der Waals surface area contributed by atoms with Crippen molar-refractivity contribution < 1.29 is 9.59 Å². The van der Waals surface area contributed by atoms with Crippen LogP contribution in [-0.2, 0) is 6.54 Å². The molecule has 2 N–H and O–H groups in total. The molecule has 1 aromatic heterocycles. The Morgan fingerprint density at radius 3 is 2.68 bits per heavy atom. The Labute approximate surface area is 133 Å². The summed E-state index contributed by atoms with van der Waals surface area (Å²) in [6.45, 7) is 4.95. The lowest BCUT2D eigenvalue weighted by Crippen LogP contribution is -2.23. The predicted octanol–water partition coefficient (Wildman–Crippen LogP) is 2.56. The molecule has 2 rings (SSSR count). The average molecular weight is 321 g/mol. The van der Waals surface area contributed by atoms with Gasteiger partial charge in [0.25, 0.3) is 11.8 Å². The van der Waals surface area contributed by atoms with E-state index in [-0.39, 0.29) is 11.8 Å². The summed E-state index contributed by atoms with van der Waals surface area (Å²) in [5.41, 5.74) is 1.28. The number of carbonyl (C=O) groups is 2. The van der Waals surface area contributed by atoms with Gasteiger partial charge in [-0.3, -0.25) is 14.3 Å². The maximum Gasteiger partial charge on any atom is 0.258 e. The number of aryl methyl sites for hydroxylation is 1. The molecule has 0 unspecified atom stereocenters. The smallest absolute Gasteiger partial charge is 0.258 e. The molecule has 0 aliphatic carbocycles. The van der Waals surface area contributed by atoms with E-state index >= 15 is 0 Å². The Morgan fingerprint density at radius 1 is 1.27 bits per heavy atom. The fourth-order valence-corrected chi connectivity index (χ4v) is 2.09. The summed E-state index contributed by atoms with van der Waals surface area (Å²) in [7, 11) is 0. The highest BCUT2D eigenvalue weighted by atomic mass is 35.5. The second-order valence-electron chi connectivity index (χ2n) is 4.59. The van der Waals surface area contributed by atoms with Gasteiger partial charge >= 0.3 is 0 Å². The van der Waals surface area contributed by atoms with E-state index in [9.17, 15) is 9.59 Å². The lowest BCUT2D eigenvalue weighted by atomic mass is 10.1. The first-order valence-electron chi connectivity index (χ1n) is 6.96. The molecule has 2 aromatic rings. The summed E-state index contributed by atoms with van der Waals surface area (Å²) >= 11 is 6.02. The Hall–Kier alpha value is -2.34. The van der Waals surface area contributed by atoms with Crippen molar-refractivity contribution in [1.29, 1.82) is 0 Å². The van der Waals surface area contributed by atoms with Gasteiger partial charge in [-0.15, -0.1) is 0 Å². The molecule has 116 valence electrons. The first-order chi connectivity index (χ1) is 10.5. The molecular weight excluding hydrogens is 304 g/mol. The minimum Gasteiger partial charge on any atom is -0.352 e. The van der Waals surface area contributed by atoms with Crippen LogP contribution in [0, 0.1) is 0 Å². The van der Waals surface area contributed by atoms with Crippen LogP contribution in [0.3, 0.4) is 0 Å². The van der Waals surface area contributed by atoms with Crippen LogP contribution in [0.2, 0.25) is 5.02 Å². The third kappa shape index (κ3) is 3.65. The lowest BCUT2D eigenvalue weighted by molar-refractivity contribution is 0.0954. The molecule has 7 heteroatoms. The summed E-state index contributed by atoms with van der Waals surface area (Å²) in [4.78, 5) is 24.0. The third-order valence-electron chi connectivity index (χ3n) is 3.03. The highest BCUT2D eigenvalue weighted by molar-refractivity contribution is 6.34. The molecule has 0 aliphatic heterocycles. The van der Waals surface area contributed by atoms with Crippen LogP contribution >= 0.6 is 11.6 Å². The fraction of sp³-hybridized carbons (Fsp3) is 0.267. The zero-order valence-electron chi connectivity index (χ0n) is 12.4. The number of aromatic nitrogens is 2. The molecule has 1 heterocycles. The van der Waals surface area contributed by atoms with E-state index in [0.717, 1.165) is 0 Å². The second-order valence-corrected chi connectivity index (χ2v) is 5.00.